The Bertz CT molecular complexity index is 1000. The molecule has 180 valence electrons. The van der Waals surface area contributed by atoms with Crippen LogP contribution in [-0.2, 0) is 14.3 Å². The second-order valence-electron chi connectivity index (χ2n) is 9.03. The Balaban J connectivity index is 1.33. The van der Waals surface area contributed by atoms with Crippen LogP contribution in [0.5, 0.6) is 0 Å². The number of aliphatic hydroxyl groups excluding tert-OH is 1. The van der Waals surface area contributed by atoms with Gasteiger partial charge in [0.25, 0.3) is 0 Å². The fraction of sp³-hybridized carbons (Fsp3) is 0.423. The summed E-state index contributed by atoms with van der Waals surface area (Å²) in [4.78, 5) is 36.2. The minimum Gasteiger partial charge on any atom is -0.481 e. The Morgan fingerprint density at radius 1 is 1.00 bits per heavy atom. The van der Waals surface area contributed by atoms with E-state index in [0.717, 1.165) is 41.5 Å². The maximum Gasteiger partial charge on any atom is 0.407 e. The topological polar surface area (TPSA) is 125 Å². The van der Waals surface area contributed by atoms with Gasteiger partial charge in [-0.25, -0.2) is 4.79 Å². The highest BCUT2D eigenvalue weighted by Crippen LogP contribution is 2.44. The van der Waals surface area contributed by atoms with Crippen LogP contribution in [0, 0.1) is 5.92 Å². The van der Waals surface area contributed by atoms with Gasteiger partial charge in [-0.3, -0.25) is 9.59 Å². The molecule has 1 saturated carbocycles. The van der Waals surface area contributed by atoms with Crippen molar-refractivity contribution in [3.8, 4) is 11.1 Å². The number of hydrogen-bond donors (Lipinski definition) is 4. The van der Waals surface area contributed by atoms with Crippen molar-refractivity contribution in [3.05, 3.63) is 59.7 Å². The number of hydrogen-bond acceptors (Lipinski definition) is 5. The second kappa shape index (κ2) is 10.7. The SMILES string of the molecule is O=C(O)CCC(NC(=O)OCC1c2ccccc2-c2ccccc21)C(=O)NCCC1CC(O)C1. The summed E-state index contributed by atoms with van der Waals surface area (Å²) >= 11 is 0. The molecule has 2 aromatic carbocycles. The Morgan fingerprint density at radius 3 is 2.21 bits per heavy atom. The molecule has 1 unspecified atom stereocenters. The summed E-state index contributed by atoms with van der Waals surface area (Å²) in [5.74, 6) is -1.21. The first-order chi connectivity index (χ1) is 16.4. The zero-order valence-corrected chi connectivity index (χ0v) is 18.9. The molecule has 2 amide bonds. The third-order valence-electron chi connectivity index (χ3n) is 6.66. The second-order valence-corrected chi connectivity index (χ2v) is 9.03. The van der Waals surface area contributed by atoms with E-state index < -0.39 is 24.0 Å². The van der Waals surface area contributed by atoms with Crippen molar-refractivity contribution >= 4 is 18.0 Å². The number of ether oxygens (including phenoxy) is 1. The largest absolute Gasteiger partial charge is 0.481 e. The Hall–Kier alpha value is -3.39. The number of nitrogens with one attached hydrogen (secondary N) is 2. The van der Waals surface area contributed by atoms with E-state index in [1.54, 1.807) is 0 Å². The summed E-state index contributed by atoms with van der Waals surface area (Å²) in [5, 5.41) is 23.7. The van der Waals surface area contributed by atoms with Crippen molar-refractivity contribution in [1.82, 2.24) is 10.6 Å². The predicted molar refractivity (Wildman–Crippen MR) is 125 cm³/mol. The number of alkyl carbamates (subject to hydrolysis) is 1. The first-order valence-corrected chi connectivity index (χ1v) is 11.7. The van der Waals surface area contributed by atoms with Gasteiger partial charge >= 0.3 is 12.1 Å². The van der Waals surface area contributed by atoms with Crippen LogP contribution in [0.2, 0.25) is 0 Å². The number of carbonyl (C=O) groups is 3. The normalized spacial score (nSPS) is 19.3. The molecule has 0 spiro atoms. The summed E-state index contributed by atoms with van der Waals surface area (Å²) in [6.07, 6.45) is 0.907. The zero-order valence-electron chi connectivity index (χ0n) is 18.9. The van der Waals surface area contributed by atoms with E-state index in [1.165, 1.54) is 0 Å². The van der Waals surface area contributed by atoms with Crippen molar-refractivity contribution in [1.29, 1.82) is 0 Å². The fourth-order valence-corrected chi connectivity index (χ4v) is 4.78. The van der Waals surface area contributed by atoms with Crippen molar-refractivity contribution < 1.29 is 29.3 Å². The Labute approximate surface area is 198 Å². The third-order valence-corrected chi connectivity index (χ3v) is 6.66. The van der Waals surface area contributed by atoms with E-state index >= 15 is 0 Å². The molecule has 1 fully saturated rings. The van der Waals surface area contributed by atoms with Crippen molar-refractivity contribution in [2.75, 3.05) is 13.2 Å². The molecular weight excluding hydrogens is 436 g/mol. The van der Waals surface area contributed by atoms with Gasteiger partial charge in [-0.05, 0) is 53.9 Å². The molecule has 34 heavy (non-hydrogen) atoms. The quantitative estimate of drug-likeness (QED) is 0.427. The number of aliphatic carboxylic acids is 1. The van der Waals surface area contributed by atoms with Crippen LogP contribution in [-0.4, -0.2) is 53.5 Å². The van der Waals surface area contributed by atoms with Crippen LogP contribution in [0.4, 0.5) is 4.79 Å². The van der Waals surface area contributed by atoms with Crippen molar-refractivity contribution in [3.63, 3.8) is 0 Å². The lowest BCUT2D eigenvalue weighted by Gasteiger charge is -2.31. The number of aliphatic hydroxyl groups is 1. The van der Waals surface area contributed by atoms with Crippen molar-refractivity contribution in [2.24, 2.45) is 5.92 Å². The number of carbonyl (C=O) groups excluding carboxylic acids is 2. The fourth-order valence-electron chi connectivity index (χ4n) is 4.78. The van der Waals surface area contributed by atoms with Gasteiger partial charge in [0.15, 0.2) is 0 Å². The highest BCUT2D eigenvalue weighted by Gasteiger charge is 2.30. The molecule has 8 heteroatoms. The number of amides is 2. The molecule has 0 aliphatic heterocycles. The molecular formula is C26H30N2O6. The summed E-state index contributed by atoms with van der Waals surface area (Å²) in [5.41, 5.74) is 4.39. The van der Waals surface area contributed by atoms with Crippen molar-refractivity contribution in [2.45, 2.75) is 50.2 Å². The molecule has 0 radical (unpaired) electrons. The number of fused-ring (bicyclic) bond motifs is 3. The standard InChI is InChI=1S/C26H30N2O6/c29-17-13-16(14-17)11-12-27-25(32)23(9-10-24(30)31)28-26(33)34-15-22-20-7-3-1-5-18(20)19-6-2-4-8-21(19)22/h1-8,16-17,22-23,29H,9-15H2,(H,27,32)(H,28,33)(H,30,31). The zero-order chi connectivity index (χ0) is 24.1. The molecule has 8 nitrogen and oxygen atoms in total. The molecule has 2 aliphatic rings. The van der Waals surface area contributed by atoms with Gasteiger partial charge in [0.2, 0.25) is 5.91 Å². The molecule has 0 heterocycles. The number of rotatable bonds is 10. The average molecular weight is 467 g/mol. The lowest BCUT2D eigenvalue weighted by Crippen LogP contribution is -2.48. The van der Waals surface area contributed by atoms with Gasteiger partial charge in [-0.2, -0.15) is 0 Å². The Morgan fingerprint density at radius 2 is 1.62 bits per heavy atom. The smallest absolute Gasteiger partial charge is 0.407 e. The van der Waals surface area contributed by atoms with E-state index in [9.17, 15) is 19.5 Å². The molecule has 4 rings (SSSR count). The summed E-state index contributed by atoms with van der Waals surface area (Å²) in [6.45, 7) is 0.517. The van der Waals surface area contributed by atoms with Crippen LogP contribution in [0.3, 0.4) is 0 Å². The van der Waals surface area contributed by atoms with Crippen LogP contribution in [0.25, 0.3) is 11.1 Å². The molecule has 2 aromatic rings. The van der Waals surface area contributed by atoms with Gasteiger partial charge in [0.05, 0.1) is 6.10 Å². The first-order valence-electron chi connectivity index (χ1n) is 11.7. The first kappa shape index (κ1) is 23.8. The van der Waals surface area contributed by atoms with Gasteiger partial charge in [0, 0.05) is 18.9 Å². The van der Waals surface area contributed by atoms with E-state index in [4.69, 9.17) is 9.84 Å². The highest BCUT2D eigenvalue weighted by atomic mass is 16.5. The van der Waals surface area contributed by atoms with Crippen LogP contribution in [0.1, 0.15) is 49.1 Å². The van der Waals surface area contributed by atoms with Gasteiger partial charge in [-0.15, -0.1) is 0 Å². The lowest BCUT2D eigenvalue weighted by atomic mass is 9.80. The molecule has 0 aromatic heterocycles. The van der Waals surface area contributed by atoms with E-state index in [0.29, 0.717) is 12.5 Å². The molecule has 2 aliphatic carbocycles. The van der Waals surface area contributed by atoms with Gasteiger partial charge in [0.1, 0.15) is 12.6 Å². The minimum atomic E-state index is -1.05. The third kappa shape index (κ3) is 5.56. The molecule has 0 saturated heterocycles. The summed E-state index contributed by atoms with van der Waals surface area (Å²) in [6, 6.07) is 15.0. The maximum absolute atomic E-state index is 12.6. The van der Waals surface area contributed by atoms with Crippen LogP contribution >= 0.6 is 0 Å². The lowest BCUT2D eigenvalue weighted by molar-refractivity contribution is -0.137. The van der Waals surface area contributed by atoms with E-state index in [2.05, 4.69) is 10.6 Å². The van der Waals surface area contributed by atoms with E-state index in [-0.39, 0.29) is 31.5 Å². The number of carboxylic acids is 1. The summed E-state index contributed by atoms with van der Waals surface area (Å²) in [7, 11) is 0. The average Bonchev–Trinajstić information content (AvgIpc) is 3.12. The Kier molecular flexibility index (Phi) is 7.47. The highest BCUT2D eigenvalue weighted by molar-refractivity contribution is 5.86. The van der Waals surface area contributed by atoms with E-state index in [1.807, 2.05) is 48.5 Å². The predicted octanol–water partition coefficient (Wildman–Crippen LogP) is 3.04. The monoisotopic (exact) mass is 466 g/mol. The van der Waals surface area contributed by atoms with Crippen LogP contribution < -0.4 is 10.6 Å². The molecule has 4 N–H and O–H groups in total. The minimum absolute atomic E-state index is 0.0342. The van der Waals surface area contributed by atoms with Gasteiger partial charge < -0.3 is 25.6 Å². The molecule has 0 bridgehead atoms. The number of carboxylic acid groups (broad SMARTS) is 1. The molecule has 1 atom stereocenters. The van der Waals surface area contributed by atoms with Gasteiger partial charge in [-0.1, -0.05) is 48.5 Å². The number of benzene rings is 2. The summed E-state index contributed by atoms with van der Waals surface area (Å²) < 4.78 is 5.50. The van der Waals surface area contributed by atoms with Crippen LogP contribution in [0.15, 0.2) is 48.5 Å². The maximum atomic E-state index is 12.6.